The van der Waals surface area contributed by atoms with E-state index in [0.29, 0.717) is 38.4 Å². The van der Waals surface area contributed by atoms with E-state index in [2.05, 4.69) is 5.32 Å². The van der Waals surface area contributed by atoms with Gasteiger partial charge in [0.25, 0.3) is 0 Å². The van der Waals surface area contributed by atoms with Crippen molar-refractivity contribution in [1.82, 2.24) is 10.2 Å². The summed E-state index contributed by atoms with van der Waals surface area (Å²) in [6.45, 7) is 5.66. The number of nitrogens with two attached hydrogens (primary N) is 1. The Kier molecular flexibility index (Phi) is 4.73. The summed E-state index contributed by atoms with van der Waals surface area (Å²) < 4.78 is 0. The first kappa shape index (κ1) is 13.0. The average molecular weight is 227 g/mol. The maximum atomic E-state index is 12.0. The Labute approximate surface area is 96.4 Å². The van der Waals surface area contributed by atoms with E-state index in [1.54, 1.807) is 4.90 Å². The van der Waals surface area contributed by atoms with Crippen molar-refractivity contribution in [2.45, 2.75) is 32.7 Å². The van der Waals surface area contributed by atoms with Crippen LogP contribution in [-0.4, -0.2) is 42.4 Å². The van der Waals surface area contributed by atoms with E-state index in [1.165, 1.54) is 0 Å². The second-order valence-corrected chi connectivity index (χ2v) is 4.66. The monoisotopic (exact) mass is 227 g/mol. The van der Waals surface area contributed by atoms with Crippen LogP contribution in [0.2, 0.25) is 0 Å². The van der Waals surface area contributed by atoms with Gasteiger partial charge >= 0.3 is 0 Å². The van der Waals surface area contributed by atoms with Gasteiger partial charge in [-0.2, -0.15) is 0 Å². The van der Waals surface area contributed by atoms with Crippen molar-refractivity contribution in [3.63, 3.8) is 0 Å². The third-order valence-electron chi connectivity index (χ3n) is 2.67. The van der Waals surface area contributed by atoms with Crippen LogP contribution in [0.25, 0.3) is 0 Å². The van der Waals surface area contributed by atoms with Gasteiger partial charge in [-0.15, -0.1) is 0 Å². The topological polar surface area (TPSA) is 75.4 Å². The Morgan fingerprint density at radius 3 is 2.81 bits per heavy atom. The van der Waals surface area contributed by atoms with Crippen LogP contribution in [0.15, 0.2) is 0 Å². The van der Waals surface area contributed by atoms with Gasteiger partial charge in [0.1, 0.15) is 0 Å². The molecule has 3 N–H and O–H groups in total. The third kappa shape index (κ3) is 3.81. The summed E-state index contributed by atoms with van der Waals surface area (Å²) in [7, 11) is 0. The minimum Gasteiger partial charge on any atom is -0.354 e. The van der Waals surface area contributed by atoms with Crippen LogP contribution in [0.5, 0.6) is 0 Å². The summed E-state index contributed by atoms with van der Waals surface area (Å²) in [6, 6.07) is -0.437. The fourth-order valence-corrected chi connectivity index (χ4v) is 1.83. The van der Waals surface area contributed by atoms with E-state index >= 15 is 0 Å². The molecule has 5 nitrogen and oxygen atoms in total. The molecule has 1 aliphatic heterocycles. The Morgan fingerprint density at radius 2 is 2.19 bits per heavy atom. The molecule has 0 saturated carbocycles. The molecule has 1 rings (SSSR count). The van der Waals surface area contributed by atoms with Crippen LogP contribution >= 0.6 is 0 Å². The van der Waals surface area contributed by atoms with Crippen molar-refractivity contribution < 1.29 is 9.59 Å². The summed E-state index contributed by atoms with van der Waals surface area (Å²) >= 11 is 0. The van der Waals surface area contributed by atoms with E-state index in [9.17, 15) is 9.59 Å². The first-order chi connectivity index (χ1) is 7.50. The molecule has 0 spiro atoms. The number of nitrogens with zero attached hydrogens (tertiary/aromatic N) is 1. The normalized spacial score (nSPS) is 19.2. The molecule has 0 aromatic heterocycles. The number of nitrogens with one attached hydrogen (secondary N) is 1. The average Bonchev–Trinajstić information content (AvgIpc) is 2.41. The Bertz CT molecular complexity index is 266. The van der Waals surface area contributed by atoms with Crippen LogP contribution < -0.4 is 11.1 Å². The molecule has 1 aliphatic rings. The van der Waals surface area contributed by atoms with Gasteiger partial charge in [-0.25, -0.2) is 0 Å². The highest BCUT2D eigenvalue weighted by Gasteiger charge is 2.23. The lowest BCUT2D eigenvalue weighted by Crippen LogP contribution is -2.45. The largest absolute Gasteiger partial charge is 0.354 e. The third-order valence-corrected chi connectivity index (χ3v) is 2.67. The molecule has 1 unspecified atom stereocenters. The zero-order valence-corrected chi connectivity index (χ0v) is 10.0. The van der Waals surface area contributed by atoms with Crippen LogP contribution in [0.3, 0.4) is 0 Å². The number of hydrogen-bond acceptors (Lipinski definition) is 3. The predicted molar refractivity (Wildman–Crippen MR) is 61.6 cm³/mol. The van der Waals surface area contributed by atoms with Gasteiger partial charge in [-0.05, 0) is 12.3 Å². The first-order valence-corrected chi connectivity index (χ1v) is 5.81. The van der Waals surface area contributed by atoms with Gasteiger partial charge in [-0.3, -0.25) is 9.59 Å². The van der Waals surface area contributed by atoms with Crippen molar-refractivity contribution in [1.29, 1.82) is 0 Å². The molecule has 0 aromatic carbocycles. The van der Waals surface area contributed by atoms with Crippen molar-refractivity contribution in [2.75, 3.05) is 19.6 Å². The molecule has 0 bridgehead atoms. The first-order valence-electron chi connectivity index (χ1n) is 5.81. The summed E-state index contributed by atoms with van der Waals surface area (Å²) in [5.41, 5.74) is 5.84. The molecule has 0 radical (unpaired) electrons. The SMILES string of the molecule is CC(C)CC(N)C(=O)N1CCNC(=O)CC1. The quantitative estimate of drug-likeness (QED) is 0.695. The fraction of sp³-hybridized carbons (Fsp3) is 0.818. The Balaban J connectivity index is 2.49. The van der Waals surface area contributed by atoms with Crippen molar-refractivity contribution in [3.05, 3.63) is 0 Å². The smallest absolute Gasteiger partial charge is 0.239 e. The van der Waals surface area contributed by atoms with Gasteiger partial charge in [0, 0.05) is 26.1 Å². The standard InChI is InChI=1S/C11H21N3O2/c1-8(2)7-9(12)11(16)14-5-3-10(15)13-4-6-14/h8-9H,3-7,12H2,1-2H3,(H,13,15). The van der Waals surface area contributed by atoms with Crippen molar-refractivity contribution in [2.24, 2.45) is 11.7 Å². The maximum Gasteiger partial charge on any atom is 0.239 e. The van der Waals surface area contributed by atoms with Crippen LogP contribution in [-0.2, 0) is 9.59 Å². The lowest BCUT2D eigenvalue weighted by molar-refractivity contribution is -0.132. The van der Waals surface area contributed by atoms with Crippen LogP contribution in [0.4, 0.5) is 0 Å². The number of amides is 2. The second kappa shape index (κ2) is 5.84. The van der Waals surface area contributed by atoms with Gasteiger partial charge in [0.2, 0.25) is 11.8 Å². The zero-order chi connectivity index (χ0) is 12.1. The number of rotatable bonds is 3. The summed E-state index contributed by atoms with van der Waals surface area (Å²) in [5.74, 6) is 0.378. The minimum atomic E-state index is -0.437. The molecule has 92 valence electrons. The lowest BCUT2D eigenvalue weighted by atomic mass is 10.0. The summed E-state index contributed by atoms with van der Waals surface area (Å²) in [4.78, 5) is 24.8. The Hall–Kier alpha value is -1.10. The molecule has 2 amide bonds. The molecule has 1 atom stereocenters. The Morgan fingerprint density at radius 1 is 1.50 bits per heavy atom. The maximum absolute atomic E-state index is 12.0. The van der Waals surface area contributed by atoms with Crippen LogP contribution in [0, 0.1) is 5.92 Å². The molecule has 1 saturated heterocycles. The summed E-state index contributed by atoms with van der Waals surface area (Å²) in [6.07, 6.45) is 1.07. The number of carbonyl (C=O) groups excluding carboxylic acids is 2. The van der Waals surface area contributed by atoms with Crippen molar-refractivity contribution in [3.8, 4) is 0 Å². The van der Waals surface area contributed by atoms with E-state index in [-0.39, 0.29) is 11.8 Å². The van der Waals surface area contributed by atoms with E-state index < -0.39 is 6.04 Å². The molecule has 1 heterocycles. The molecular formula is C11H21N3O2. The highest BCUT2D eigenvalue weighted by Crippen LogP contribution is 2.07. The number of carbonyl (C=O) groups is 2. The van der Waals surface area contributed by atoms with Gasteiger partial charge in [0.05, 0.1) is 6.04 Å². The van der Waals surface area contributed by atoms with Crippen LogP contribution in [0.1, 0.15) is 26.7 Å². The fourth-order valence-electron chi connectivity index (χ4n) is 1.83. The predicted octanol–water partition coefficient (Wildman–Crippen LogP) is -0.292. The highest BCUT2D eigenvalue weighted by molar-refractivity contribution is 5.83. The van der Waals surface area contributed by atoms with Crippen molar-refractivity contribution >= 4 is 11.8 Å². The van der Waals surface area contributed by atoms with Gasteiger partial charge in [-0.1, -0.05) is 13.8 Å². The number of hydrogen-bond donors (Lipinski definition) is 2. The minimum absolute atomic E-state index is 0.00716. The molecule has 1 fully saturated rings. The van der Waals surface area contributed by atoms with E-state index in [0.717, 1.165) is 0 Å². The molecule has 0 aliphatic carbocycles. The molecule has 16 heavy (non-hydrogen) atoms. The highest BCUT2D eigenvalue weighted by atomic mass is 16.2. The molecule has 5 heteroatoms. The second-order valence-electron chi connectivity index (χ2n) is 4.66. The molecule has 0 aromatic rings. The van der Waals surface area contributed by atoms with E-state index in [1.807, 2.05) is 13.8 Å². The van der Waals surface area contributed by atoms with E-state index in [4.69, 9.17) is 5.73 Å². The summed E-state index contributed by atoms with van der Waals surface area (Å²) in [5, 5.41) is 2.74. The zero-order valence-electron chi connectivity index (χ0n) is 10.0. The lowest BCUT2D eigenvalue weighted by Gasteiger charge is -2.24. The van der Waals surface area contributed by atoms with Gasteiger partial charge in [0.15, 0.2) is 0 Å². The molecular weight excluding hydrogens is 206 g/mol. The van der Waals surface area contributed by atoms with Gasteiger partial charge < -0.3 is 16.0 Å².